The number of halogens is 1. The number of aromatic nitrogens is 2. The molecule has 0 unspecified atom stereocenters. The number of nitrogens with zero attached hydrogens (tertiary/aromatic N) is 4. The number of likely N-dealkylation sites (N-methyl/N-ethyl adjacent to an activating group) is 1. The molecule has 0 saturated carbocycles. The van der Waals surface area contributed by atoms with Crippen molar-refractivity contribution < 1.29 is 14.8 Å². The normalized spacial score (nSPS) is 9.88. The van der Waals surface area contributed by atoms with Gasteiger partial charge >= 0.3 is 11.7 Å². The Bertz CT molecular complexity index is 438. The van der Waals surface area contributed by atoms with Gasteiger partial charge in [0.2, 0.25) is 11.1 Å². The number of nitro groups is 1. The van der Waals surface area contributed by atoms with Gasteiger partial charge in [-0.3, -0.25) is 14.9 Å². The van der Waals surface area contributed by atoms with Crippen LogP contribution in [0.25, 0.3) is 0 Å². The van der Waals surface area contributed by atoms with Gasteiger partial charge in [0, 0.05) is 7.05 Å². The van der Waals surface area contributed by atoms with Crippen LogP contribution in [0.4, 0.5) is 11.5 Å². The maximum absolute atomic E-state index is 10.6. The number of aliphatic carboxylic acids is 1. The Balaban J connectivity index is 3.13. The van der Waals surface area contributed by atoms with E-state index in [-0.39, 0.29) is 11.1 Å². The predicted octanol–water partition coefficient (Wildman–Crippen LogP) is 0.559. The minimum absolute atomic E-state index is 0.132. The van der Waals surface area contributed by atoms with Crippen LogP contribution in [0.1, 0.15) is 0 Å². The van der Waals surface area contributed by atoms with E-state index in [1.54, 1.807) is 0 Å². The summed E-state index contributed by atoms with van der Waals surface area (Å²) in [5.74, 6) is -1.26. The second-order valence-corrected chi connectivity index (χ2v) is 3.19. The minimum atomic E-state index is -1.13. The Hall–Kier alpha value is -1.96. The number of carboxylic acids is 1. The van der Waals surface area contributed by atoms with Crippen molar-refractivity contribution in [2.45, 2.75) is 0 Å². The van der Waals surface area contributed by atoms with Gasteiger partial charge in [-0.25, -0.2) is 4.98 Å². The molecule has 86 valence electrons. The van der Waals surface area contributed by atoms with Crippen molar-refractivity contribution in [1.82, 2.24) is 9.97 Å². The highest BCUT2D eigenvalue weighted by Gasteiger charge is 2.21. The van der Waals surface area contributed by atoms with Gasteiger partial charge in [-0.15, -0.1) is 0 Å². The van der Waals surface area contributed by atoms with Gasteiger partial charge in [-0.05, 0) is 11.6 Å². The summed E-state index contributed by atoms with van der Waals surface area (Å²) < 4.78 is 0. The van der Waals surface area contributed by atoms with Crippen molar-refractivity contribution >= 4 is 29.1 Å². The summed E-state index contributed by atoms with van der Waals surface area (Å²) in [6, 6.07) is 0. The lowest BCUT2D eigenvalue weighted by Gasteiger charge is -2.14. The van der Waals surface area contributed by atoms with E-state index in [1.807, 2.05) is 0 Å². The summed E-state index contributed by atoms with van der Waals surface area (Å²) in [4.78, 5) is 28.6. The second-order valence-electron chi connectivity index (χ2n) is 2.85. The van der Waals surface area contributed by atoms with Crippen molar-refractivity contribution in [3.8, 4) is 0 Å². The molecule has 1 N–H and O–H groups in total. The highest BCUT2D eigenvalue weighted by molar-refractivity contribution is 6.28. The number of carbonyl (C=O) groups is 1. The quantitative estimate of drug-likeness (QED) is 0.469. The first-order chi connectivity index (χ1) is 7.41. The van der Waals surface area contributed by atoms with Crippen LogP contribution in [-0.4, -0.2) is 39.6 Å². The molecule has 1 aromatic rings. The largest absolute Gasteiger partial charge is 0.480 e. The predicted molar refractivity (Wildman–Crippen MR) is 54.6 cm³/mol. The SMILES string of the molecule is CN(CC(=O)O)c1nc(Cl)ncc1[N+](=O)[O-]. The first kappa shape index (κ1) is 12.1. The van der Waals surface area contributed by atoms with Crippen molar-refractivity contribution in [3.05, 3.63) is 21.6 Å². The highest BCUT2D eigenvalue weighted by Crippen LogP contribution is 2.24. The summed E-state index contributed by atoms with van der Waals surface area (Å²) in [7, 11) is 1.36. The maximum atomic E-state index is 10.6. The smallest absolute Gasteiger partial charge is 0.329 e. The van der Waals surface area contributed by atoms with Gasteiger partial charge in [-0.1, -0.05) is 0 Å². The molecule has 9 heteroatoms. The lowest BCUT2D eigenvalue weighted by atomic mass is 10.4. The average molecular weight is 247 g/mol. The summed E-state index contributed by atoms with van der Waals surface area (Å²) in [6.07, 6.45) is 0.934. The molecule has 0 aromatic carbocycles. The van der Waals surface area contributed by atoms with E-state index in [0.29, 0.717) is 0 Å². The van der Waals surface area contributed by atoms with E-state index in [0.717, 1.165) is 11.1 Å². The van der Waals surface area contributed by atoms with Crippen LogP contribution in [-0.2, 0) is 4.79 Å². The van der Waals surface area contributed by atoms with E-state index in [9.17, 15) is 14.9 Å². The zero-order chi connectivity index (χ0) is 12.3. The molecule has 1 heterocycles. The van der Waals surface area contributed by atoms with Gasteiger partial charge in [0.15, 0.2) is 0 Å². The third-order valence-electron chi connectivity index (χ3n) is 1.65. The Kier molecular flexibility index (Phi) is 3.56. The molecule has 0 amide bonds. The topological polar surface area (TPSA) is 109 Å². The van der Waals surface area contributed by atoms with Crippen molar-refractivity contribution in [2.75, 3.05) is 18.5 Å². The summed E-state index contributed by atoms with van der Waals surface area (Å²) in [6.45, 7) is -0.422. The molecular formula is C7H7ClN4O4. The van der Waals surface area contributed by atoms with Gasteiger partial charge in [0.05, 0.1) is 4.92 Å². The fraction of sp³-hybridized carbons (Fsp3) is 0.286. The molecule has 1 rings (SSSR count). The maximum Gasteiger partial charge on any atom is 0.329 e. The number of hydrogen-bond acceptors (Lipinski definition) is 6. The third kappa shape index (κ3) is 2.76. The molecule has 0 saturated heterocycles. The molecule has 0 aliphatic heterocycles. The van der Waals surface area contributed by atoms with Crippen LogP contribution < -0.4 is 4.90 Å². The standard InChI is InChI=1S/C7H7ClN4O4/c1-11(3-5(13)14)6-4(12(15)16)2-9-7(8)10-6/h2H,3H2,1H3,(H,13,14). The molecule has 0 aliphatic rings. The number of anilines is 1. The van der Waals surface area contributed by atoms with Crippen LogP contribution in [0.15, 0.2) is 6.20 Å². The fourth-order valence-electron chi connectivity index (χ4n) is 1.03. The summed E-state index contributed by atoms with van der Waals surface area (Å²) >= 11 is 5.48. The van der Waals surface area contributed by atoms with Crippen LogP contribution in [0.5, 0.6) is 0 Å². The van der Waals surface area contributed by atoms with Crippen molar-refractivity contribution in [3.63, 3.8) is 0 Å². The van der Waals surface area contributed by atoms with Crippen LogP contribution in [0, 0.1) is 10.1 Å². The zero-order valence-electron chi connectivity index (χ0n) is 8.12. The molecule has 0 bridgehead atoms. The molecule has 0 fully saturated rings. The Morgan fingerprint density at radius 2 is 2.38 bits per heavy atom. The van der Waals surface area contributed by atoms with Crippen molar-refractivity contribution in [2.24, 2.45) is 0 Å². The summed E-state index contributed by atoms with van der Waals surface area (Å²) in [5, 5.41) is 19.0. The van der Waals surface area contributed by atoms with E-state index in [4.69, 9.17) is 16.7 Å². The zero-order valence-corrected chi connectivity index (χ0v) is 8.88. The monoisotopic (exact) mass is 246 g/mol. The molecular weight excluding hydrogens is 240 g/mol. The Morgan fingerprint density at radius 1 is 1.75 bits per heavy atom. The fourth-order valence-corrected chi connectivity index (χ4v) is 1.16. The van der Waals surface area contributed by atoms with Gasteiger partial charge in [0.1, 0.15) is 12.7 Å². The molecule has 0 atom stereocenters. The lowest BCUT2D eigenvalue weighted by Crippen LogP contribution is -2.26. The van der Waals surface area contributed by atoms with Crippen LogP contribution in [0.3, 0.4) is 0 Å². The third-order valence-corrected chi connectivity index (χ3v) is 1.83. The van der Waals surface area contributed by atoms with Gasteiger partial charge in [0.25, 0.3) is 0 Å². The minimum Gasteiger partial charge on any atom is -0.480 e. The van der Waals surface area contributed by atoms with Gasteiger partial charge in [-0.2, -0.15) is 4.98 Å². The van der Waals surface area contributed by atoms with E-state index in [1.165, 1.54) is 7.05 Å². The molecule has 1 aromatic heterocycles. The van der Waals surface area contributed by atoms with Crippen LogP contribution >= 0.6 is 11.6 Å². The number of hydrogen-bond donors (Lipinski definition) is 1. The Morgan fingerprint density at radius 3 is 2.88 bits per heavy atom. The molecule has 0 aliphatic carbocycles. The summed E-state index contributed by atoms with van der Waals surface area (Å²) in [5.41, 5.74) is -0.395. The Labute approximate surface area is 94.6 Å². The molecule has 0 radical (unpaired) electrons. The second kappa shape index (κ2) is 4.71. The van der Waals surface area contributed by atoms with E-state index >= 15 is 0 Å². The molecule has 16 heavy (non-hydrogen) atoms. The van der Waals surface area contributed by atoms with E-state index in [2.05, 4.69) is 9.97 Å². The first-order valence-corrected chi connectivity index (χ1v) is 4.39. The highest BCUT2D eigenvalue weighted by atomic mass is 35.5. The van der Waals surface area contributed by atoms with Gasteiger partial charge < -0.3 is 10.0 Å². The van der Waals surface area contributed by atoms with Crippen molar-refractivity contribution in [1.29, 1.82) is 0 Å². The lowest BCUT2D eigenvalue weighted by molar-refractivity contribution is -0.384. The number of carboxylic acid groups (broad SMARTS) is 1. The average Bonchev–Trinajstić information content (AvgIpc) is 2.15. The first-order valence-electron chi connectivity index (χ1n) is 4.01. The van der Waals surface area contributed by atoms with E-state index < -0.39 is 23.1 Å². The van der Waals surface area contributed by atoms with Crippen LogP contribution in [0.2, 0.25) is 5.28 Å². The number of rotatable bonds is 4. The molecule has 0 spiro atoms. The molecule has 8 nitrogen and oxygen atoms in total.